The molecular weight excluding hydrogens is 395 g/mol. The zero-order chi connectivity index (χ0) is 18.0. The third-order valence-electron chi connectivity index (χ3n) is 3.54. The molecule has 1 unspecified atom stereocenters. The first kappa shape index (κ1) is 19.5. The molecule has 0 aliphatic rings. The van der Waals surface area contributed by atoms with E-state index in [0.29, 0.717) is 5.56 Å². The zero-order valence-electron chi connectivity index (χ0n) is 12.4. The Morgan fingerprint density at radius 3 is 2.00 bits per heavy atom. The average molecular weight is 410 g/mol. The minimum Gasteiger partial charge on any atom is -0.385 e. The van der Waals surface area contributed by atoms with E-state index in [9.17, 15) is 18.1 Å². The number of hydrogen-bond donors (Lipinski definition) is 2. The summed E-state index contributed by atoms with van der Waals surface area (Å²) < 4.78 is 30.7. The monoisotopic (exact) mass is 408 g/mol. The van der Waals surface area contributed by atoms with Crippen LogP contribution in [0.1, 0.15) is 17.5 Å². The molecule has 0 aliphatic heterocycles. The molecule has 0 aliphatic carbocycles. The summed E-state index contributed by atoms with van der Waals surface area (Å²) in [5.41, 5.74) is -0.935. The van der Waals surface area contributed by atoms with E-state index in [1.165, 1.54) is 18.2 Å². The molecule has 1 atom stereocenters. The Hall–Kier alpha value is -0.820. The van der Waals surface area contributed by atoms with Gasteiger partial charge < -0.3 is 5.11 Å². The van der Waals surface area contributed by atoms with Crippen molar-refractivity contribution in [2.75, 3.05) is 0 Å². The van der Waals surface area contributed by atoms with Gasteiger partial charge >= 0.3 is 0 Å². The van der Waals surface area contributed by atoms with Gasteiger partial charge in [0.1, 0.15) is 0 Å². The molecule has 0 heterocycles. The van der Waals surface area contributed by atoms with Crippen molar-refractivity contribution in [3.8, 4) is 0 Å². The van der Waals surface area contributed by atoms with Crippen LogP contribution in [-0.4, -0.2) is 21.9 Å². The number of hydrogen-bond acceptors (Lipinski definition) is 3. The third-order valence-corrected chi connectivity index (χ3v) is 4.89. The van der Waals surface area contributed by atoms with Crippen molar-refractivity contribution in [2.24, 2.45) is 0 Å². The van der Waals surface area contributed by atoms with E-state index in [2.05, 4.69) is 0 Å². The lowest BCUT2D eigenvalue weighted by Gasteiger charge is -2.32. The largest absolute Gasteiger partial charge is 0.385 e. The lowest BCUT2D eigenvalue weighted by Crippen LogP contribution is -2.34. The van der Waals surface area contributed by atoms with Crippen LogP contribution in [0.3, 0.4) is 0 Å². The molecule has 24 heavy (non-hydrogen) atoms. The lowest BCUT2D eigenvalue weighted by atomic mass is 9.85. The van der Waals surface area contributed by atoms with E-state index < -0.39 is 19.5 Å². The number of halogens is 3. The molecule has 4 nitrogen and oxygen atoms in total. The SMILES string of the molecule is O=S(=O)(O)c1ccccc1CC(O)(CC(Cl)(Cl)Cl)c1ccccc1. The fourth-order valence-electron chi connectivity index (χ4n) is 2.56. The summed E-state index contributed by atoms with van der Waals surface area (Å²) in [4.78, 5) is -0.288. The molecule has 0 fully saturated rings. The summed E-state index contributed by atoms with van der Waals surface area (Å²) in [6.07, 6.45) is -0.407. The summed E-state index contributed by atoms with van der Waals surface area (Å²) >= 11 is 17.6. The summed E-state index contributed by atoms with van der Waals surface area (Å²) in [5.74, 6) is 0. The number of rotatable bonds is 5. The molecule has 130 valence electrons. The van der Waals surface area contributed by atoms with Gasteiger partial charge in [0.25, 0.3) is 10.1 Å². The quantitative estimate of drug-likeness (QED) is 0.575. The van der Waals surface area contributed by atoms with E-state index in [4.69, 9.17) is 34.8 Å². The highest BCUT2D eigenvalue weighted by molar-refractivity contribution is 7.85. The van der Waals surface area contributed by atoms with Gasteiger partial charge in [-0.1, -0.05) is 83.3 Å². The van der Waals surface area contributed by atoms with Crippen LogP contribution >= 0.6 is 34.8 Å². The molecule has 8 heteroatoms. The minimum atomic E-state index is -4.44. The average Bonchev–Trinajstić information content (AvgIpc) is 2.45. The van der Waals surface area contributed by atoms with E-state index in [1.807, 2.05) is 0 Å². The van der Waals surface area contributed by atoms with Gasteiger partial charge in [-0.25, -0.2) is 0 Å². The molecule has 0 saturated heterocycles. The predicted octanol–water partition coefficient (Wildman–Crippen LogP) is 4.12. The van der Waals surface area contributed by atoms with E-state index in [1.54, 1.807) is 36.4 Å². The molecule has 0 aromatic heterocycles. The van der Waals surface area contributed by atoms with E-state index in [0.717, 1.165) is 0 Å². The predicted molar refractivity (Wildman–Crippen MR) is 95.2 cm³/mol. The first-order valence-electron chi connectivity index (χ1n) is 6.91. The topological polar surface area (TPSA) is 74.6 Å². The van der Waals surface area contributed by atoms with Gasteiger partial charge in [-0.15, -0.1) is 0 Å². The molecule has 0 saturated carbocycles. The second kappa shape index (κ2) is 7.20. The zero-order valence-corrected chi connectivity index (χ0v) is 15.4. The fraction of sp³-hybridized carbons (Fsp3) is 0.250. The van der Waals surface area contributed by atoms with Crippen molar-refractivity contribution >= 4 is 44.9 Å². The van der Waals surface area contributed by atoms with Gasteiger partial charge in [-0.2, -0.15) is 8.42 Å². The van der Waals surface area contributed by atoms with Crippen LogP contribution in [0.25, 0.3) is 0 Å². The third kappa shape index (κ3) is 5.09. The molecule has 0 amide bonds. The van der Waals surface area contributed by atoms with Crippen LogP contribution < -0.4 is 0 Å². The van der Waals surface area contributed by atoms with Crippen molar-refractivity contribution in [3.05, 3.63) is 65.7 Å². The standard InChI is InChI=1S/C16H15Cl3O4S/c17-16(18,19)11-15(20,13-7-2-1-3-8-13)10-12-6-4-5-9-14(12)24(21,22)23/h1-9,20H,10-11H2,(H,21,22,23). The Labute approximate surface area is 155 Å². The Morgan fingerprint density at radius 1 is 0.917 bits per heavy atom. The van der Waals surface area contributed by atoms with Crippen LogP contribution in [0.5, 0.6) is 0 Å². The van der Waals surface area contributed by atoms with E-state index >= 15 is 0 Å². The summed E-state index contributed by atoms with van der Waals surface area (Å²) in [5, 5.41) is 11.1. The second-order valence-corrected chi connectivity index (χ2v) is 9.36. The second-order valence-electron chi connectivity index (χ2n) is 5.45. The number of aliphatic hydroxyl groups is 1. The minimum absolute atomic E-state index is 0.152. The molecule has 0 spiro atoms. The van der Waals surface area contributed by atoms with Crippen molar-refractivity contribution < 1.29 is 18.1 Å². The Balaban J connectivity index is 2.52. The number of alkyl halides is 3. The first-order chi connectivity index (χ1) is 11.0. The highest BCUT2D eigenvalue weighted by Crippen LogP contribution is 2.42. The Kier molecular flexibility index (Phi) is 5.85. The Morgan fingerprint density at radius 2 is 1.46 bits per heavy atom. The molecular formula is C16H15Cl3O4S. The highest BCUT2D eigenvalue weighted by Gasteiger charge is 2.39. The fourth-order valence-corrected chi connectivity index (χ4v) is 3.95. The van der Waals surface area contributed by atoms with Crippen LogP contribution in [0.15, 0.2) is 59.5 Å². The maximum atomic E-state index is 11.6. The maximum absolute atomic E-state index is 11.6. The van der Waals surface area contributed by atoms with Gasteiger partial charge in [0.05, 0.1) is 10.5 Å². The summed E-state index contributed by atoms with van der Waals surface area (Å²) in [6.45, 7) is 0. The van der Waals surface area contributed by atoms with Gasteiger partial charge in [-0.05, 0) is 17.2 Å². The molecule has 2 N–H and O–H groups in total. The van der Waals surface area contributed by atoms with Gasteiger partial charge in [-0.3, -0.25) is 4.55 Å². The van der Waals surface area contributed by atoms with Crippen LogP contribution in [0, 0.1) is 0 Å². The van der Waals surface area contributed by atoms with Crippen LogP contribution in [0.2, 0.25) is 0 Å². The maximum Gasteiger partial charge on any atom is 0.294 e. The summed E-state index contributed by atoms with van der Waals surface area (Å²) in [6, 6.07) is 14.3. The van der Waals surface area contributed by atoms with Crippen LogP contribution in [-0.2, 0) is 22.1 Å². The normalized spacial score (nSPS) is 15.0. The first-order valence-corrected chi connectivity index (χ1v) is 9.49. The van der Waals surface area contributed by atoms with Crippen molar-refractivity contribution in [2.45, 2.75) is 27.1 Å². The Bertz CT molecular complexity index is 804. The van der Waals surface area contributed by atoms with Crippen molar-refractivity contribution in [3.63, 3.8) is 0 Å². The molecule has 2 aromatic carbocycles. The van der Waals surface area contributed by atoms with Gasteiger partial charge in [0.15, 0.2) is 3.79 Å². The van der Waals surface area contributed by atoms with Crippen molar-refractivity contribution in [1.29, 1.82) is 0 Å². The molecule has 0 bridgehead atoms. The molecule has 0 radical (unpaired) electrons. The lowest BCUT2D eigenvalue weighted by molar-refractivity contribution is 0.0283. The smallest absolute Gasteiger partial charge is 0.294 e. The summed E-state index contributed by atoms with van der Waals surface area (Å²) in [7, 11) is -4.44. The van der Waals surface area contributed by atoms with Gasteiger partial charge in [0.2, 0.25) is 0 Å². The number of benzene rings is 2. The highest BCUT2D eigenvalue weighted by atomic mass is 35.6. The van der Waals surface area contributed by atoms with Crippen molar-refractivity contribution in [1.82, 2.24) is 0 Å². The van der Waals surface area contributed by atoms with E-state index in [-0.39, 0.29) is 23.3 Å². The van der Waals surface area contributed by atoms with Gasteiger partial charge in [0, 0.05) is 12.8 Å². The van der Waals surface area contributed by atoms with Crippen LogP contribution in [0.4, 0.5) is 0 Å². The molecule has 2 rings (SSSR count). The molecule has 2 aromatic rings.